The third kappa shape index (κ3) is 6.32. The number of allylic oxidation sites excluding steroid dienone is 2. The van der Waals surface area contributed by atoms with E-state index in [4.69, 9.17) is 0 Å². The Bertz CT molecular complexity index is 2470. The highest BCUT2D eigenvalue weighted by atomic mass is 14.3. The van der Waals surface area contributed by atoms with E-state index in [0.717, 1.165) is 55.3 Å². The Balaban J connectivity index is 1.38. The van der Waals surface area contributed by atoms with E-state index in [9.17, 15) is 0 Å². The molecule has 2 unspecified atom stereocenters. The SMILES string of the molecule is C(#Cc1ccccc1)C1=C(C#Cc2ccccc2)C(C#Cc2cccc3ccccc23)c2ccccc2C1C#Cc1cccc2ccccc12. The van der Waals surface area contributed by atoms with E-state index < -0.39 is 0 Å². The molecule has 0 saturated carbocycles. The number of benzene rings is 7. The first-order chi connectivity index (χ1) is 24.8. The summed E-state index contributed by atoms with van der Waals surface area (Å²) in [5.74, 6) is 28.1. The van der Waals surface area contributed by atoms with E-state index in [0.29, 0.717) is 0 Å². The molecular weight excluding hydrogens is 601 g/mol. The summed E-state index contributed by atoms with van der Waals surface area (Å²) in [4.78, 5) is 0. The van der Waals surface area contributed by atoms with E-state index in [2.05, 4.69) is 157 Å². The van der Waals surface area contributed by atoms with Gasteiger partial charge in [-0.15, -0.1) is 0 Å². The van der Waals surface area contributed by atoms with Gasteiger partial charge in [0, 0.05) is 33.4 Å². The van der Waals surface area contributed by atoms with E-state index >= 15 is 0 Å². The van der Waals surface area contributed by atoms with E-state index in [1.54, 1.807) is 0 Å². The van der Waals surface area contributed by atoms with Crippen molar-refractivity contribution in [1.29, 1.82) is 0 Å². The van der Waals surface area contributed by atoms with Gasteiger partial charge in [0.05, 0.1) is 11.8 Å². The second-order valence-corrected chi connectivity index (χ2v) is 12.1. The maximum atomic E-state index is 3.69. The van der Waals surface area contributed by atoms with Crippen LogP contribution in [0.3, 0.4) is 0 Å². The van der Waals surface area contributed by atoms with Gasteiger partial charge in [-0.1, -0.05) is 181 Å². The molecule has 230 valence electrons. The van der Waals surface area contributed by atoms with Crippen LogP contribution in [-0.4, -0.2) is 0 Å². The highest BCUT2D eigenvalue weighted by Gasteiger charge is 2.32. The average Bonchev–Trinajstić information content (AvgIpc) is 3.18. The zero-order valence-corrected chi connectivity index (χ0v) is 27.3. The smallest absolute Gasteiger partial charge is 0.0797 e. The quantitative estimate of drug-likeness (QED) is 0.146. The van der Waals surface area contributed by atoms with Crippen LogP contribution in [0.4, 0.5) is 0 Å². The molecule has 0 N–H and O–H groups in total. The standard InChI is InChI=1S/C50H30/c1-3-15-37(16-4-1)29-33-47-48(34-30-38-17-5-2-6-18-38)50(36-32-42-24-14-22-40-20-8-10-26-44(40)42)46-28-12-11-27-45(46)49(47)35-31-41-23-13-21-39-19-7-9-25-43(39)41/h1-28,49-50H. The lowest BCUT2D eigenvalue weighted by molar-refractivity contribution is 0.904. The van der Waals surface area contributed by atoms with Crippen molar-refractivity contribution < 1.29 is 0 Å². The van der Waals surface area contributed by atoms with Crippen molar-refractivity contribution in [2.75, 3.05) is 0 Å². The number of hydrogen-bond acceptors (Lipinski definition) is 0. The molecule has 50 heavy (non-hydrogen) atoms. The summed E-state index contributed by atoms with van der Waals surface area (Å²) in [5, 5.41) is 4.60. The molecule has 0 spiro atoms. The minimum atomic E-state index is -0.294. The van der Waals surface area contributed by atoms with Crippen LogP contribution in [0, 0.1) is 47.4 Å². The molecule has 0 heteroatoms. The highest BCUT2D eigenvalue weighted by molar-refractivity contribution is 5.89. The third-order valence-electron chi connectivity index (χ3n) is 9.00. The zero-order chi connectivity index (χ0) is 33.5. The Labute approximate surface area is 294 Å². The molecule has 0 amide bonds. The van der Waals surface area contributed by atoms with Gasteiger partial charge >= 0.3 is 0 Å². The van der Waals surface area contributed by atoms with Crippen LogP contribution in [0.1, 0.15) is 45.2 Å². The molecule has 2 atom stereocenters. The van der Waals surface area contributed by atoms with E-state index in [1.165, 1.54) is 10.8 Å². The second kappa shape index (κ2) is 14.0. The van der Waals surface area contributed by atoms with Crippen LogP contribution in [0.5, 0.6) is 0 Å². The molecule has 0 aliphatic heterocycles. The summed E-state index contributed by atoms with van der Waals surface area (Å²) >= 11 is 0. The van der Waals surface area contributed by atoms with Crippen LogP contribution < -0.4 is 0 Å². The summed E-state index contributed by atoms with van der Waals surface area (Å²) in [6, 6.07) is 58.1. The highest BCUT2D eigenvalue weighted by Crippen LogP contribution is 2.42. The van der Waals surface area contributed by atoms with E-state index in [1.807, 2.05) is 60.7 Å². The molecule has 1 aliphatic carbocycles. The number of fused-ring (bicyclic) bond motifs is 3. The van der Waals surface area contributed by atoms with Crippen molar-refractivity contribution >= 4 is 21.5 Å². The summed E-state index contributed by atoms with van der Waals surface area (Å²) in [5.41, 5.74) is 7.86. The Morgan fingerprint density at radius 3 is 1.14 bits per heavy atom. The van der Waals surface area contributed by atoms with Gasteiger partial charge in [0.25, 0.3) is 0 Å². The molecule has 0 bridgehead atoms. The fourth-order valence-electron chi connectivity index (χ4n) is 6.53. The minimum Gasteiger partial charge on any atom is -0.0841 e. The minimum absolute atomic E-state index is 0.294. The zero-order valence-electron chi connectivity index (χ0n) is 27.3. The second-order valence-electron chi connectivity index (χ2n) is 12.1. The summed E-state index contributed by atoms with van der Waals surface area (Å²) in [6.07, 6.45) is 0. The molecule has 0 nitrogen and oxygen atoms in total. The summed E-state index contributed by atoms with van der Waals surface area (Å²) < 4.78 is 0. The Hall–Kier alpha value is -6.96. The van der Waals surface area contributed by atoms with Gasteiger partial charge in [0.2, 0.25) is 0 Å². The van der Waals surface area contributed by atoms with Crippen molar-refractivity contribution in [3.05, 3.63) is 214 Å². The molecule has 0 saturated heterocycles. The van der Waals surface area contributed by atoms with Crippen LogP contribution in [0.15, 0.2) is 181 Å². The molecule has 0 radical (unpaired) electrons. The normalized spacial score (nSPS) is 14.5. The first kappa shape index (κ1) is 30.4. The molecule has 0 heterocycles. The topological polar surface area (TPSA) is 0 Å². The summed E-state index contributed by atoms with van der Waals surface area (Å²) in [7, 11) is 0. The molecule has 0 aromatic heterocycles. The molecule has 0 fully saturated rings. The van der Waals surface area contributed by atoms with Gasteiger partial charge in [-0.2, -0.15) is 0 Å². The van der Waals surface area contributed by atoms with Gasteiger partial charge in [0.15, 0.2) is 0 Å². The monoisotopic (exact) mass is 630 g/mol. The molecule has 7 aromatic carbocycles. The molecule has 8 rings (SSSR count). The predicted molar refractivity (Wildman–Crippen MR) is 207 cm³/mol. The largest absolute Gasteiger partial charge is 0.0841 e. The Kier molecular flexibility index (Phi) is 8.52. The van der Waals surface area contributed by atoms with Gasteiger partial charge < -0.3 is 0 Å². The molecular formula is C50H30. The van der Waals surface area contributed by atoms with Gasteiger partial charge in [-0.05, 0) is 69.1 Å². The Morgan fingerprint density at radius 2 is 0.680 bits per heavy atom. The molecule has 7 aromatic rings. The van der Waals surface area contributed by atoms with Crippen LogP contribution in [0.2, 0.25) is 0 Å². The van der Waals surface area contributed by atoms with Crippen LogP contribution in [-0.2, 0) is 0 Å². The average molecular weight is 631 g/mol. The van der Waals surface area contributed by atoms with Crippen molar-refractivity contribution in [3.63, 3.8) is 0 Å². The van der Waals surface area contributed by atoms with Crippen molar-refractivity contribution in [2.24, 2.45) is 0 Å². The summed E-state index contributed by atoms with van der Waals surface area (Å²) in [6.45, 7) is 0. The Morgan fingerprint density at radius 1 is 0.300 bits per heavy atom. The first-order valence-corrected chi connectivity index (χ1v) is 16.8. The van der Waals surface area contributed by atoms with Crippen LogP contribution in [0.25, 0.3) is 21.5 Å². The van der Waals surface area contributed by atoms with Gasteiger partial charge in [0.1, 0.15) is 0 Å². The van der Waals surface area contributed by atoms with Crippen LogP contribution >= 0.6 is 0 Å². The number of hydrogen-bond donors (Lipinski definition) is 0. The predicted octanol–water partition coefficient (Wildman–Crippen LogP) is 10.7. The fraction of sp³-hybridized carbons (Fsp3) is 0.0400. The van der Waals surface area contributed by atoms with Gasteiger partial charge in [-0.25, -0.2) is 0 Å². The maximum Gasteiger partial charge on any atom is 0.0797 e. The number of rotatable bonds is 0. The lowest BCUT2D eigenvalue weighted by Crippen LogP contribution is -2.17. The first-order valence-electron chi connectivity index (χ1n) is 16.8. The fourth-order valence-corrected chi connectivity index (χ4v) is 6.53. The molecule has 1 aliphatic rings. The van der Waals surface area contributed by atoms with E-state index in [-0.39, 0.29) is 11.8 Å². The lowest BCUT2D eigenvalue weighted by Gasteiger charge is -2.28. The maximum absolute atomic E-state index is 3.69. The third-order valence-corrected chi connectivity index (χ3v) is 9.00. The van der Waals surface area contributed by atoms with Crippen molar-refractivity contribution in [3.8, 4) is 47.4 Å². The van der Waals surface area contributed by atoms with Crippen molar-refractivity contribution in [1.82, 2.24) is 0 Å². The van der Waals surface area contributed by atoms with Gasteiger partial charge in [-0.3, -0.25) is 0 Å². The van der Waals surface area contributed by atoms with Crippen molar-refractivity contribution in [2.45, 2.75) is 11.8 Å². The lowest BCUT2D eigenvalue weighted by atomic mass is 9.72.